The first-order valence-corrected chi connectivity index (χ1v) is 5.87. The van der Waals surface area contributed by atoms with E-state index in [4.69, 9.17) is 5.73 Å². The van der Waals surface area contributed by atoms with Crippen LogP contribution in [0, 0.1) is 0 Å². The first kappa shape index (κ1) is 11.3. The molecule has 2 aromatic heterocycles. The fourth-order valence-corrected chi connectivity index (χ4v) is 2.03. The summed E-state index contributed by atoms with van der Waals surface area (Å²) in [6.45, 7) is 0. The minimum atomic E-state index is -0.533. The van der Waals surface area contributed by atoms with Crippen molar-refractivity contribution in [1.82, 2.24) is 9.97 Å². The lowest BCUT2D eigenvalue weighted by Gasteiger charge is -2.06. The normalized spacial score (nSPS) is 10.5. The molecule has 0 bridgehead atoms. The Morgan fingerprint density at radius 2 is 1.79 bits per heavy atom. The molecule has 0 atom stereocenters. The molecule has 4 nitrogen and oxygen atoms in total. The van der Waals surface area contributed by atoms with Crippen LogP contribution in [0.2, 0.25) is 0 Å². The van der Waals surface area contributed by atoms with Gasteiger partial charge in [0.05, 0.1) is 11.4 Å². The quantitative estimate of drug-likeness (QED) is 0.758. The summed E-state index contributed by atoms with van der Waals surface area (Å²) in [5.41, 5.74) is 7.05. The van der Waals surface area contributed by atoms with Gasteiger partial charge in [0.25, 0.3) is 5.91 Å². The number of benzene rings is 1. The Morgan fingerprint density at radius 3 is 2.53 bits per heavy atom. The Kier molecular flexibility index (Phi) is 2.68. The summed E-state index contributed by atoms with van der Waals surface area (Å²) in [6.07, 6.45) is 1.69. The topological polar surface area (TPSA) is 68.9 Å². The van der Waals surface area contributed by atoms with Gasteiger partial charge in [-0.2, -0.15) is 0 Å². The van der Waals surface area contributed by atoms with Gasteiger partial charge >= 0.3 is 0 Å². The summed E-state index contributed by atoms with van der Waals surface area (Å²) >= 11 is 0. The number of pyridine rings is 2. The summed E-state index contributed by atoms with van der Waals surface area (Å²) < 4.78 is 0. The first-order valence-electron chi connectivity index (χ1n) is 5.87. The highest BCUT2D eigenvalue weighted by molar-refractivity contribution is 6.05. The van der Waals surface area contributed by atoms with Gasteiger partial charge in [-0.05, 0) is 23.6 Å². The highest BCUT2D eigenvalue weighted by atomic mass is 16.1. The number of rotatable bonds is 2. The SMILES string of the molecule is NC(=O)c1nc(-c2ccccn2)cc2ccccc12. The standard InChI is InChI=1S/C15H11N3O/c16-15(19)14-11-6-2-1-5-10(11)9-13(18-14)12-7-3-4-8-17-12/h1-9H,(H2,16,19). The lowest BCUT2D eigenvalue weighted by molar-refractivity contribution is 0.0997. The third-order valence-corrected chi connectivity index (χ3v) is 2.90. The fraction of sp³-hybridized carbons (Fsp3) is 0. The number of carbonyl (C=O) groups is 1. The molecule has 0 saturated heterocycles. The zero-order valence-electron chi connectivity index (χ0n) is 10.1. The van der Waals surface area contributed by atoms with Gasteiger partial charge in [0.2, 0.25) is 0 Å². The van der Waals surface area contributed by atoms with Gasteiger partial charge in [0, 0.05) is 11.6 Å². The Bertz CT molecular complexity index is 754. The second kappa shape index (κ2) is 4.49. The van der Waals surface area contributed by atoms with E-state index in [1.54, 1.807) is 6.20 Å². The van der Waals surface area contributed by atoms with E-state index in [1.165, 1.54) is 0 Å². The van der Waals surface area contributed by atoms with E-state index >= 15 is 0 Å². The molecule has 0 spiro atoms. The number of fused-ring (bicyclic) bond motifs is 1. The van der Waals surface area contributed by atoms with Crippen molar-refractivity contribution in [3.8, 4) is 11.4 Å². The summed E-state index contributed by atoms with van der Waals surface area (Å²) in [6, 6.07) is 15.0. The van der Waals surface area contributed by atoms with E-state index in [2.05, 4.69) is 9.97 Å². The van der Waals surface area contributed by atoms with Crippen molar-refractivity contribution < 1.29 is 4.79 Å². The van der Waals surface area contributed by atoms with E-state index in [1.807, 2.05) is 48.5 Å². The van der Waals surface area contributed by atoms with Crippen LogP contribution in [0.3, 0.4) is 0 Å². The van der Waals surface area contributed by atoms with Crippen LogP contribution in [0.5, 0.6) is 0 Å². The van der Waals surface area contributed by atoms with E-state index in [0.717, 1.165) is 16.5 Å². The average molecular weight is 249 g/mol. The van der Waals surface area contributed by atoms with Crippen molar-refractivity contribution >= 4 is 16.7 Å². The van der Waals surface area contributed by atoms with E-state index in [-0.39, 0.29) is 5.69 Å². The molecular weight excluding hydrogens is 238 g/mol. The van der Waals surface area contributed by atoms with Crippen LogP contribution in [0.1, 0.15) is 10.5 Å². The van der Waals surface area contributed by atoms with Gasteiger partial charge < -0.3 is 5.73 Å². The molecule has 1 amide bonds. The van der Waals surface area contributed by atoms with Crippen molar-refractivity contribution in [2.24, 2.45) is 5.73 Å². The molecule has 1 aromatic carbocycles. The number of aromatic nitrogens is 2. The average Bonchev–Trinajstić information content (AvgIpc) is 2.47. The van der Waals surface area contributed by atoms with Gasteiger partial charge in [-0.15, -0.1) is 0 Å². The lowest BCUT2D eigenvalue weighted by Crippen LogP contribution is -2.14. The van der Waals surface area contributed by atoms with Crippen molar-refractivity contribution in [2.75, 3.05) is 0 Å². The minimum Gasteiger partial charge on any atom is -0.364 e. The molecule has 0 saturated carbocycles. The lowest BCUT2D eigenvalue weighted by atomic mass is 10.1. The molecule has 2 N–H and O–H groups in total. The molecule has 92 valence electrons. The fourth-order valence-electron chi connectivity index (χ4n) is 2.03. The molecular formula is C15H11N3O. The Morgan fingerprint density at radius 1 is 1.00 bits per heavy atom. The van der Waals surface area contributed by atoms with Crippen LogP contribution in [0.25, 0.3) is 22.2 Å². The molecule has 0 aliphatic carbocycles. The smallest absolute Gasteiger partial charge is 0.267 e. The highest BCUT2D eigenvalue weighted by Gasteiger charge is 2.11. The van der Waals surface area contributed by atoms with Crippen molar-refractivity contribution in [1.29, 1.82) is 0 Å². The monoisotopic (exact) mass is 249 g/mol. The van der Waals surface area contributed by atoms with Crippen LogP contribution in [0.15, 0.2) is 54.7 Å². The number of carbonyl (C=O) groups excluding carboxylic acids is 1. The van der Waals surface area contributed by atoms with Crippen LogP contribution in [0.4, 0.5) is 0 Å². The van der Waals surface area contributed by atoms with E-state index < -0.39 is 5.91 Å². The maximum absolute atomic E-state index is 11.5. The maximum atomic E-state index is 11.5. The predicted octanol–water partition coefficient (Wildman–Crippen LogP) is 2.40. The molecule has 0 aliphatic rings. The largest absolute Gasteiger partial charge is 0.364 e. The van der Waals surface area contributed by atoms with Crippen LogP contribution < -0.4 is 5.73 Å². The Hall–Kier alpha value is -2.75. The summed E-state index contributed by atoms with van der Waals surface area (Å²) in [5.74, 6) is -0.533. The molecule has 0 radical (unpaired) electrons. The molecule has 0 unspecified atom stereocenters. The van der Waals surface area contributed by atoms with Gasteiger partial charge in [-0.1, -0.05) is 30.3 Å². The van der Waals surface area contributed by atoms with Crippen molar-refractivity contribution in [2.45, 2.75) is 0 Å². The number of amides is 1. The number of hydrogen-bond acceptors (Lipinski definition) is 3. The third-order valence-electron chi connectivity index (χ3n) is 2.90. The number of primary amides is 1. The summed E-state index contributed by atoms with van der Waals surface area (Å²) in [5, 5.41) is 1.68. The maximum Gasteiger partial charge on any atom is 0.267 e. The zero-order valence-corrected chi connectivity index (χ0v) is 10.1. The Labute approximate surface area is 109 Å². The van der Waals surface area contributed by atoms with E-state index in [9.17, 15) is 4.79 Å². The summed E-state index contributed by atoms with van der Waals surface area (Å²) in [4.78, 5) is 20.1. The predicted molar refractivity (Wildman–Crippen MR) is 73.5 cm³/mol. The molecule has 0 fully saturated rings. The molecule has 3 rings (SSSR count). The van der Waals surface area contributed by atoms with Gasteiger partial charge in [0.15, 0.2) is 0 Å². The number of nitrogens with two attached hydrogens (primary N) is 1. The molecule has 2 heterocycles. The van der Waals surface area contributed by atoms with Gasteiger partial charge in [-0.3, -0.25) is 9.78 Å². The molecule has 19 heavy (non-hydrogen) atoms. The highest BCUT2D eigenvalue weighted by Crippen LogP contribution is 2.23. The van der Waals surface area contributed by atoms with Gasteiger partial charge in [-0.25, -0.2) is 4.98 Å². The summed E-state index contributed by atoms with van der Waals surface area (Å²) in [7, 11) is 0. The molecule has 4 heteroatoms. The Balaban J connectivity index is 2.31. The second-order valence-electron chi connectivity index (χ2n) is 4.16. The van der Waals surface area contributed by atoms with Crippen molar-refractivity contribution in [3.05, 3.63) is 60.4 Å². The van der Waals surface area contributed by atoms with Gasteiger partial charge in [0.1, 0.15) is 5.69 Å². The number of hydrogen-bond donors (Lipinski definition) is 1. The zero-order chi connectivity index (χ0) is 13.2. The van der Waals surface area contributed by atoms with Crippen LogP contribution in [-0.2, 0) is 0 Å². The van der Waals surface area contributed by atoms with Crippen molar-refractivity contribution in [3.63, 3.8) is 0 Å². The first-order chi connectivity index (χ1) is 9.25. The number of nitrogens with zero attached hydrogens (tertiary/aromatic N) is 2. The molecule has 3 aromatic rings. The second-order valence-corrected chi connectivity index (χ2v) is 4.16. The van der Waals surface area contributed by atoms with E-state index in [0.29, 0.717) is 5.69 Å². The minimum absolute atomic E-state index is 0.277. The van der Waals surface area contributed by atoms with Crippen LogP contribution in [-0.4, -0.2) is 15.9 Å². The third kappa shape index (κ3) is 2.04. The molecule has 0 aliphatic heterocycles. The van der Waals surface area contributed by atoms with Crippen LogP contribution >= 0.6 is 0 Å².